The molecule has 1 N–H and O–H groups in total. The van der Waals surface area contributed by atoms with Crippen molar-refractivity contribution in [3.05, 3.63) is 16.1 Å². The van der Waals surface area contributed by atoms with E-state index in [0.29, 0.717) is 5.69 Å². The minimum atomic E-state index is -0.973. The Morgan fingerprint density at radius 3 is 2.47 bits per heavy atom. The summed E-state index contributed by atoms with van der Waals surface area (Å²) >= 11 is 1.45. The second-order valence-corrected chi connectivity index (χ2v) is 6.07. The van der Waals surface area contributed by atoms with Gasteiger partial charge in [-0.15, -0.1) is 11.3 Å². The van der Waals surface area contributed by atoms with Gasteiger partial charge in [0.2, 0.25) is 0 Å². The first kappa shape index (κ1) is 14.0. The molecule has 5 nitrogen and oxygen atoms in total. The Morgan fingerprint density at radius 1 is 1.42 bits per heavy atom. The fourth-order valence-electron chi connectivity index (χ4n) is 1.91. The summed E-state index contributed by atoms with van der Waals surface area (Å²) in [4.78, 5) is 29.3. The van der Waals surface area contributed by atoms with Crippen molar-refractivity contribution in [1.82, 2.24) is 9.88 Å². The molecule has 1 unspecified atom stereocenters. The van der Waals surface area contributed by atoms with Crippen LogP contribution in [0.1, 0.15) is 55.0 Å². The van der Waals surface area contributed by atoms with Gasteiger partial charge in [0.1, 0.15) is 11.7 Å². The van der Waals surface area contributed by atoms with Gasteiger partial charge in [0.05, 0.1) is 5.01 Å². The zero-order valence-corrected chi connectivity index (χ0v) is 12.1. The number of carboxylic acid groups (broad SMARTS) is 1. The van der Waals surface area contributed by atoms with Gasteiger partial charge in [0, 0.05) is 17.3 Å². The molecule has 1 fully saturated rings. The van der Waals surface area contributed by atoms with E-state index in [0.717, 1.165) is 17.8 Å². The molecule has 0 spiro atoms. The molecule has 1 saturated carbocycles. The SMILES string of the molecule is CC(C)c1nc(C(=O)N(C2CC2)C(C)C(=O)O)cs1. The molecule has 1 aromatic heterocycles. The van der Waals surface area contributed by atoms with Crippen molar-refractivity contribution in [2.24, 2.45) is 0 Å². The lowest BCUT2D eigenvalue weighted by Crippen LogP contribution is -2.44. The summed E-state index contributed by atoms with van der Waals surface area (Å²) in [5.74, 6) is -0.960. The number of amides is 1. The lowest BCUT2D eigenvalue weighted by Gasteiger charge is -2.25. The van der Waals surface area contributed by atoms with Crippen LogP contribution in [-0.2, 0) is 4.79 Å². The highest BCUT2D eigenvalue weighted by molar-refractivity contribution is 7.09. The van der Waals surface area contributed by atoms with Gasteiger partial charge in [-0.1, -0.05) is 13.8 Å². The Kier molecular flexibility index (Phi) is 3.89. The number of carboxylic acids is 1. The van der Waals surface area contributed by atoms with Crippen molar-refractivity contribution in [3.63, 3.8) is 0 Å². The van der Waals surface area contributed by atoms with E-state index < -0.39 is 12.0 Å². The number of aromatic nitrogens is 1. The van der Waals surface area contributed by atoms with Crippen LogP contribution in [0.3, 0.4) is 0 Å². The summed E-state index contributed by atoms with van der Waals surface area (Å²) in [5.41, 5.74) is 0.369. The zero-order valence-electron chi connectivity index (χ0n) is 11.3. The van der Waals surface area contributed by atoms with Gasteiger partial charge in [-0.05, 0) is 19.8 Å². The van der Waals surface area contributed by atoms with Crippen LogP contribution in [0.25, 0.3) is 0 Å². The van der Waals surface area contributed by atoms with Crippen molar-refractivity contribution in [3.8, 4) is 0 Å². The van der Waals surface area contributed by atoms with Crippen molar-refractivity contribution in [1.29, 1.82) is 0 Å². The first-order valence-corrected chi connectivity index (χ1v) is 7.30. The maximum atomic E-state index is 12.4. The molecule has 0 aromatic carbocycles. The van der Waals surface area contributed by atoms with Crippen LogP contribution in [0.4, 0.5) is 0 Å². The number of nitrogens with zero attached hydrogens (tertiary/aromatic N) is 2. The number of carbonyl (C=O) groups excluding carboxylic acids is 1. The summed E-state index contributed by atoms with van der Waals surface area (Å²) in [6.07, 6.45) is 1.76. The summed E-state index contributed by atoms with van der Waals surface area (Å²) in [7, 11) is 0. The van der Waals surface area contributed by atoms with Crippen molar-refractivity contribution in [2.75, 3.05) is 0 Å². The van der Waals surface area contributed by atoms with Crippen LogP contribution in [0.15, 0.2) is 5.38 Å². The molecule has 1 aliphatic rings. The highest BCUT2D eigenvalue weighted by atomic mass is 32.1. The van der Waals surface area contributed by atoms with Crippen LogP contribution in [0, 0.1) is 0 Å². The molecule has 0 aliphatic heterocycles. The molecule has 2 rings (SSSR count). The topological polar surface area (TPSA) is 70.5 Å². The predicted octanol–water partition coefficient (Wildman–Crippen LogP) is 2.34. The molecule has 19 heavy (non-hydrogen) atoms. The van der Waals surface area contributed by atoms with Gasteiger partial charge in [-0.3, -0.25) is 4.79 Å². The number of aliphatic carboxylic acids is 1. The van der Waals surface area contributed by atoms with Crippen LogP contribution in [-0.4, -0.2) is 39.0 Å². The molecule has 1 amide bonds. The Hall–Kier alpha value is -1.43. The number of hydrogen-bond acceptors (Lipinski definition) is 4. The second-order valence-electron chi connectivity index (χ2n) is 5.18. The molecule has 104 valence electrons. The molecule has 0 radical (unpaired) electrons. The van der Waals surface area contributed by atoms with E-state index in [-0.39, 0.29) is 17.9 Å². The molecule has 1 heterocycles. The van der Waals surface area contributed by atoms with E-state index in [2.05, 4.69) is 4.98 Å². The normalized spacial score (nSPS) is 16.4. The third kappa shape index (κ3) is 2.94. The van der Waals surface area contributed by atoms with Gasteiger partial charge in [0.15, 0.2) is 0 Å². The number of carbonyl (C=O) groups is 2. The molecule has 1 aromatic rings. The largest absolute Gasteiger partial charge is 0.480 e. The monoisotopic (exact) mass is 282 g/mol. The second kappa shape index (κ2) is 5.28. The summed E-state index contributed by atoms with van der Waals surface area (Å²) in [6, 6.07) is -0.744. The zero-order chi connectivity index (χ0) is 14.2. The fraction of sp³-hybridized carbons (Fsp3) is 0.615. The van der Waals surface area contributed by atoms with Gasteiger partial charge in [-0.2, -0.15) is 0 Å². The highest BCUT2D eigenvalue weighted by Gasteiger charge is 2.39. The first-order chi connectivity index (χ1) is 8.91. The summed E-state index contributed by atoms with van der Waals surface area (Å²) in [6.45, 7) is 5.59. The van der Waals surface area contributed by atoms with Gasteiger partial charge >= 0.3 is 5.97 Å². The number of hydrogen-bond donors (Lipinski definition) is 1. The summed E-state index contributed by atoms with van der Waals surface area (Å²) in [5, 5.41) is 11.7. The average molecular weight is 282 g/mol. The first-order valence-electron chi connectivity index (χ1n) is 6.42. The van der Waals surface area contributed by atoms with Crippen molar-refractivity contribution in [2.45, 2.75) is 51.6 Å². The number of thiazole rings is 1. The third-order valence-corrected chi connectivity index (χ3v) is 4.33. The van der Waals surface area contributed by atoms with Crippen molar-refractivity contribution >= 4 is 23.2 Å². The van der Waals surface area contributed by atoms with Gasteiger partial charge in [0.25, 0.3) is 5.91 Å². The van der Waals surface area contributed by atoms with E-state index in [9.17, 15) is 9.59 Å². The predicted molar refractivity (Wildman–Crippen MR) is 72.5 cm³/mol. The van der Waals surface area contributed by atoms with Crippen LogP contribution < -0.4 is 0 Å². The van der Waals surface area contributed by atoms with E-state index in [1.807, 2.05) is 13.8 Å². The van der Waals surface area contributed by atoms with Crippen LogP contribution in [0.5, 0.6) is 0 Å². The van der Waals surface area contributed by atoms with Crippen LogP contribution in [0.2, 0.25) is 0 Å². The van der Waals surface area contributed by atoms with E-state index in [1.165, 1.54) is 16.2 Å². The van der Waals surface area contributed by atoms with Gasteiger partial charge < -0.3 is 10.0 Å². The molecular formula is C13H18N2O3S. The molecule has 1 aliphatic carbocycles. The lowest BCUT2D eigenvalue weighted by atomic mass is 10.2. The Balaban J connectivity index is 2.21. The van der Waals surface area contributed by atoms with Crippen LogP contribution >= 0.6 is 11.3 Å². The van der Waals surface area contributed by atoms with Gasteiger partial charge in [-0.25, -0.2) is 9.78 Å². The van der Waals surface area contributed by atoms with E-state index >= 15 is 0 Å². The molecule has 0 saturated heterocycles. The van der Waals surface area contributed by atoms with E-state index in [4.69, 9.17) is 5.11 Å². The van der Waals surface area contributed by atoms with E-state index in [1.54, 1.807) is 12.3 Å². The molecule has 0 bridgehead atoms. The average Bonchev–Trinajstić information content (AvgIpc) is 3.04. The fourth-order valence-corrected chi connectivity index (χ4v) is 2.72. The minimum Gasteiger partial charge on any atom is -0.480 e. The highest BCUT2D eigenvalue weighted by Crippen LogP contribution is 2.31. The molecular weight excluding hydrogens is 264 g/mol. The molecule has 6 heteroatoms. The number of rotatable bonds is 5. The third-order valence-electron chi connectivity index (χ3n) is 3.18. The quantitative estimate of drug-likeness (QED) is 0.900. The lowest BCUT2D eigenvalue weighted by molar-refractivity contribution is -0.141. The Morgan fingerprint density at radius 2 is 2.05 bits per heavy atom. The molecule has 1 atom stereocenters. The maximum absolute atomic E-state index is 12.4. The Bertz CT molecular complexity index is 494. The Labute approximate surface area is 116 Å². The minimum absolute atomic E-state index is 0.0581. The van der Waals surface area contributed by atoms with Crippen molar-refractivity contribution < 1.29 is 14.7 Å². The smallest absolute Gasteiger partial charge is 0.326 e. The maximum Gasteiger partial charge on any atom is 0.326 e. The summed E-state index contributed by atoms with van der Waals surface area (Å²) < 4.78 is 0. The standard InChI is InChI=1S/C13H18N2O3S/c1-7(2)11-14-10(6-19-11)12(16)15(9-4-5-9)8(3)13(17)18/h6-9H,4-5H2,1-3H3,(H,17,18).